The van der Waals surface area contributed by atoms with Crippen LogP contribution in [0.2, 0.25) is 0 Å². The van der Waals surface area contributed by atoms with Crippen molar-refractivity contribution >= 4 is 11.6 Å². The van der Waals surface area contributed by atoms with Gasteiger partial charge in [-0.15, -0.1) is 0 Å². The van der Waals surface area contributed by atoms with Crippen LogP contribution in [0.4, 0.5) is 5.69 Å². The fourth-order valence-electron chi connectivity index (χ4n) is 1.70. The van der Waals surface area contributed by atoms with Crippen LogP contribution in [0.5, 0.6) is 0 Å². The Balaban J connectivity index is 1.84. The molecule has 0 unspecified atom stereocenters. The summed E-state index contributed by atoms with van der Waals surface area (Å²) in [7, 11) is 0. The zero-order chi connectivity index (χ0) is 15.3. The number of carbonyl (C=O) groups excluding carboxylic acids is 1. The third-order valence-corrected chi connectivity index (χ3v) is 2.69. The molecule has 1 amide bonds. The van der Waals surface area contributed by atoms with Crippen LogP contribution in [0.15, 0.2) is 31.0 Å². The number of rotatable bonds is 5. The van der Waals surface area contributed by atoms with Gasteiger partial charge in [-0.3, -0.25) is 4.79 Å². The van der Waals surface area contributed by atoms with Crippen molar-refractivity contribution in [2.24, 2.45) is 0 Å². The lowest BCUT2D eigenvalue weighted by atomic mass is 10.1. The van der Waals surface area contributed by atoms with Gasteiger partial charge in [0.1, 0.15) is 12.7 Å². The second-order valence-electron chi connectivity index (χ2n) is 5.72. The van der Waals surface area contributed by atoms with Crippen LogP contribution in [0, 0.1) is 0 Å². The SMILES string of the molecule is CC(C)(C)NCCC(=O)Nc1ccc(-n2cncn2)nc1. The summed E-state index contributed by atoms with van der Waals surface area (Å²) in [6.07, 6.45) is 5.03. The highest BCUT2D eigenvalue weighted by Gasteiger charge is 2.10. The van der Waals surface area contributed by atoms with Crippen molar-refractivity contribution in [1.29, 1.82) is 0 Å². The quantitative estimate of drug-likeness (QED) is 0.868. The molecule has 0 bridgehead atoms. The van der Waals surface area contributed by atoms with Crippen LogP contribution in [0.3, 0.4) is 0 Å². The molecular weight excluding hydrogens is 268 g/mol. The van der Waals surface area contributed by atoms with Gasteiger partial charge in [0.15, 0.2) is 5.82 Å². The Morgan fingerprint density at radius 1 is 1.33 bits per heavy atom. The van der Waals surface area contributed by atoms with Gasteiger partial charge in [-0.25, -0.2) is 14.6 Å². The number of amides is 1. The maximum atomic E-state index is 11.8. The van der Waals surface area contributed by atoms with E-state index in [1.807, 2.05) is 0 Å². The highest BCUT2D eigenvalue weighted by molar-refractivity contribution is 5.90. The van der Waals surface area contributed by atoms with Crippen LogP contribution in [-0.2, 0) is 4.79 Å². The van der Waals surface area contributed by atoms with Crippen LogP contribution in [0.25, 0.3) is 5.82 Å². The summed E-state index contributed by atoms with van der Waals surface area (Å²) in [5, 5.41) is 10.1. The van der Waals surface area contributed by atoms with E-state index in [-0.39, 0.29) is 11.4 Å². The first kappa shape index (κ1) is 15.1. The fraction of sp³-hybridized carbons (Fsp3) is 0.429. The molecule has 2 aromatic heterocycles. The molecule has 0 aliphatic heterocycles. The van der Waals surface area contributed by atoms with Crippen molar-refractivity contribution in [3.05, 3.63) is 31.0 Å². The molecule has 0 aromatic carbocycles. The first-order chi connectivity index (χ1) is 9.94. The monoisotopic (exact) mass is 288 g/mol. The van der Waals surface area contributed by atoms with Gasteiger partial charge in [0.25, 0.3) is 0 Å². The average molecular weight is 288 g/mol. The van der Waals surface area contributed by atoms with E-state index < -0.39 is 0 Å². The van der Waals surface area contributed by atoms with E-state index in [0.717, 1.165) is 0 Å². The molecule has 0 aliphatic rings. The second-order valence-corrected chi connectivity index (χ2v) is 5.72. The Morgan fingerprint density at radius 2 is 2.14 bits per heavy atom. The number of anilines is 1. The van der Waals surface area contributed by atoms with Crippen molar-refractivity contribution < 1.29 is 4.79 Å². The first-order valence-corrected chi connectivity index (χ1v) is 6.80. The molecule has 7 heteroatoms. The molecule has 2 N–H and O–H groups in total. The Labute approximate surface area is 123 Å². The molecule has 0 fully saturated rings. The topological polar surface area (TPSA) is 84.7 Å². The van der Waals surface area contributed by atoms with Crippen LogP contribution in [-0.4, -0.2) is 37.7 Å². The Morgan fingerprint density at radius 3 is 2.71 bits per heavy atom. The Bertz CT molecular complexity index is 571. The third-order valence-electron chi connectivity index (χ3n) is 2.69. The van der Waals surface area contributed by atoms with E-state index >= 15 is 0 Å². The largest absolute Gasteiger partial charge is 0.325 e. The lowest BCUT2D eigenvalue weighted by Crippen LogP contribution is -2.37. The van der Waals surface area contributed by atoms with Crippen molar-refractivity contribution in [3.63, 3.8) is 0 Å². The summed E-state index contributed by atoms with van der Waals surface area (Å²) in [5.74, 6) is 0.613. The van der Waals surface area contributed by atoms with Crippen LogP contribution < -0.4 is 10.6 Å². The molecule has 2 rings (SSSR count). The number of hydrogen-bond donors (Lipinski definition) is 2. The van der Waals surface area contributed by atoms with Gasteiger partial charge in [-0.2, -0.15) is 5.10 Å². The summed E-state index contributed by atoms with van der Waals surface area (Å²) >= 11 is 0. The first-order valence-electron chi connectivity index (χ1n) is 6.80. The minimum atomic E-state index is -0.0398. The normalized spacial score (nSPS) is 11.4. The predicted octanol–water partition coefficient (Wildman–Crippen LogP) is 1.38. The average Bonchev–Trinajstić information content (AvgIpc) is 2.92. The molecule has 112 valence electrons. The van der Waals surface area contributed by atoms with Gasteiger partial charge in [0, 0.05) is 18.5 Å². The highest BCUT2D eigenvalue weighted by Crippen LogP contribution is 2.09. The van der Waals surface area contributed by atoms with E-state index in [0.29, 0.717) is 24.5 Å². The van der Waals surface area contributed by atoms with Gasteiger partial charge >= 0.3 is 0 Å². The number of aromatic nitrogens is 4. The lowest BCUT2D eigenvalue weighted by molar-refractivity contribution is -0.116. The smallest absolute Gasteiger partial charge is 0.225 e. The minimum absolute atomic E-state index is 0.0152. The van der Waals surface area contributed by atoms with Gasteiger partial charge in [0.2, 0.25) is 5.91 Å². The zero-order valence-electron chi connectivity index (χ0n) is 12.5. The van der Waals surface area contributed by atoms with Gasteiger partial charge in [-0.05, 0) is 32.9 Å². The molecule has 2 heterocycles. The molecule has 0 radical (unpaired) electrons. The van der Waals surface area contributed by atoms with E-state index in [9.17, 15) is 4.79 Å². The van der Waals surface area contributed by atoms with Crippen molar-refractivity contribution in [3.8, 4) is 5.82 Å². The maximum Gasteiger partial charge on any atom is 0.225 e. The van der Waals surface area contributed by atoms with Gasteiger partial charge in [-0.1, -0.05) is 0 Å². The zero-order valence-corrected chi connectivity index (χ0v) is 12.5. The van der Waals surface area contributed by atoms with Crippen molar-refractivity contribution in [1.82, 2.24) is 25.1 Å². The molecule has 2 aromatic rings. The van der Waals surface area contributed by atoms with E-state index in [4.69, 9.17) is 0 Å². The summed E-state index contributed by atoms with van der Waals surface area (Å²) in [6.45, 7) is 6.84. The molecule has 0 aliphatic carbocycles. The fourth-order valence-corrected chi connectivity index (χ4v) is 1.70. The molecule has 0 spiro atoms. The van der Waals surface area contributed by atoms with E-state index in [2.05, 4.69) is 46.5 Å². The highest BCUT2D eigenvalue weighted by atomic mass is 16.1. The van der Waals surface area contributed by atoms with Crippen LogP contribution in [0.1, 0.15) is 27.2 Å². The second kappa shape index (κ2) is 6.45. The minimum Gasteiger partial charge on any atom is -0.325 e. The number of pyridine rings is 1. The molecule has 0 saturated carbocycles. The maximum absolute atomic E-state index is 11.8. The van der Waals surface area contributed by atoms with Gasteiger partial charge < -0.3 is 10.6 Å². The number of nitrogens with zero attached hydrogens (tertiary/aromatic N) is 4. The molecule has 0 atom stereocenters. The van der Waals surface area contributed by atoms with E-state index in [1.165, 1.54) is 6.33 Å². The van der Waals surface area contributed by atoms with Crippen molar-refractivity contribution in [2.75, 3.05) is 11.9 Å². The van der Waals surface area contributed by atoms with Crippen molar-refractivity contribution in [2.45, 2.75) is 32.7 Å². The molecule has 7 nitrogen and oxygen atoms in total. The summed E-state index contributed by atoms with van der Waals surface area (Å²) in [5.41, 5.74) is 0.681. The number of carbonyl (C=O) groups is 1. The number of nitrogens with one attached hydrogen (secondary N) is 2. The Kier molecular flexibility index (Phi) is 4.64. The standard InChI is InChI=1S/C14H20N6O/c1-14(2,3)17-7-6-13(21)19-11-4-5-12(16-8-11)20-10-15-9-18-20/h4-5,8-10,17H,6-7H2,1-3H3,(H,19,21). The molecule has 21 heavy (non-hydrogen) atoms. The van der Waals surface area contributed by atoms with E-state index in [1.54, 1.807) is 29.3 Å². The molecular formula is C14H20N6O. The number of hydrogen-bond acceptors (Lipinski definition) is 5. The third kappa shape index (κ3) is 4.96. The Hall–Kier alpha value is -2.28. The lowest BCUT2D eigenvalue weighted by Gasteiger charge is -2.20. The summed E-state index contributed by atoms with van der Waals surface area (Å²) < 4.78 is 1.55. The van der Waals surface area contributed by atoms with Gasteiger partial charge in [0.05, 0.1) is 11.9 Å². The summed E-state index contributed by atoms with van der Waals surface area (Å²) in [6, 6.07) is 3.57. The predicted molar refractivity (Wildman–Crippen MR) is 80.2 cm³/mol. The van der Waals surface area contributed by atoms with Crippen LogP contribution >= 0.6 is 0 Å². The molecule has 0 saturated heterocycles. The summed E-state index contributed by atoms with van der Waals surface area (Å²) in [4.78, 5) is 19.9.